The highest BCUT2D eigenvalue weighted by molar-refractivity contribution is 5.69. The number of nitrogens with zero attached hydrogens (tertiary/aromatic N) is 4. The highest BCUT2D eigenvalue weighted by Crippen LogP contribution is 2.31. The van der Waals surface area contributed by atoms with Crippen LogP contribution in [0.15, 0.2) is 71.9 Å². The van der Waals surface area contributed by atoms with E-state index >= 15 is 0 Å². The summed E-state index contributed by atoms with van der Waals surface area (Å²) in [5.74, 6) is -0.162. The Morgan fingerprint density at radius 3 is 2.14 bits per heavy atom. The molecule has 0 unspecified atom stereocenters. The first kappa shape index (κ1) is 26.0. The minimum absolute atomic E-state index is 0.162. The maximum absolute atomic E-state index is 13.0. The predicted octanol–water partition coefficient (Wildman–Crippen LogP) is 6.34. The molecule has 0 saturated heterocycles. The topological polar surface area (TPSA) is 60.7 Å². The van der Waals surface area contributed by atoms with Crippen molar-refractivity contribution in [1.29, 1.82) is 0 Å². The van der Waals surface area contributed by atoms with Gasteiger partial charge in [0.25, 0.3) is 5.56 Å². The van der Waals surface area contributed by atoms with Gasteiger partial charge in [0.05, 0.1) is 17.8 Å². The van der Waals surface area contributed by atoms with E-state index in [4.69, 9.17) is 0 Å². The maximum Gasteiger partial charge on any atom is 0.418 e. The largest absolute Gasteiger partial charge is 0.418 e. The van der Waals surface area contributed by atoms with Gasteiger partial charge in [-0.05, 0) is 42.8 Å². The fourth-order valence-electron chi connectivity index (χ4n) is 3.63. The Kier molecular flexibility index (Phi) is 9.05. The van der Waals surface area contributed by atoms with E-state index in [1.807, 2.05) is 13.0 Å². The highest BCUT2D eigenvalue weighted by Gasteiger charge is 2.34. The molecular formula is C26H26F4N4O. The predicted molar refractivity (Wildman–Crippen MR) is 126 cm³/mol. The molecule has 184 valence electrons. The first-order chi connectivity index (χ1) is 16.8. The average molecular weight is 487 g/mol. The van der Waals surface area contributed by atoms with Gasteiger partial charge in [-0.25, -0.2) is 9.37 Å². The molecule has 1 aromatic carbocycles. The Morgan fingerprint density at radius 2 is 1.54 bits per heavy atom. The molecular weight excluding hydrogens is 460 g/mol. The number of alkyl halides is 3. The molecule has 0 atom stereocenters. The van der Waals surface area contributed by atoms with Gasteiger partial charge in [0.15, 0.2) is 5.65 Å². The summed E-state index contributed by atoms with van der Waals surface area (Å²) < 4.78 is 52.3. The van der Waals surface area contributed by atoms with Crippen LogP contribution < -0.4 is 5.56 Å². The number of benzene rings is 1. The van der Waals surface area contributed by atoms with Gasteiger partial charge < -0.3 is 0 Å². The summed E-state index contributed by atoms with van der Waals surface area (Å²) in [6.45, 7) is 1.54. The monoisotopic (exact) mass is 486 g/mol. The normalized spacial score (nSPS) is 12.9. The number of hydrogen-bond donors (Lipinski definition) is 0. The van der Waals surface area contributed by atoms with Crippen LogP contribution in [-0.4, -0.2) is 19.5 Å². The van der Waals surface area contributed by atoms with E-state index < -0.39 is 17.3 Å². The smallest absolute Gasteiger partial charge is 0.285 e. The van der Waals surface area contributed by atoms with Crippen LogP contribution in [0.1, 0.15) is 48.9 Å². The Balaban J connectivity index is 0.000000214. The lowest BCUT2D eigenvalue weighted by atomic mass is 10.2. The van der Waals surface area contributed by atoms with Gasteiger partial charge in [0.2, 0.25) is 0 Å². The molecule has 0 aliphatic heterocycles. The number of rotatable bonds is 2. The van der Waals surface area contributed by atoms with E-state index in [2.05, 4.69) is 15.0 Å². The van der Waals surface area contributed by atoms with Crippen molar-refractivity contribution in [1.82, 2.24) is 19.5 Å². The molecule has 3 aromatic heterocycles. The molecule has 35 heavy (non-hydrogen) atoms. The Morgan fingerprint density at radius 1 is 0.857 bits per heavy atom. The lowest BCUT2D eigenvalue weighted by Gasteiger charge is -2.13. The minimum Gasteiger partial charge on any atom is -0.285 e. The molecule has 0 spiro atoms. The maximum atomic E-state index is 13.0. The van der Waals surface area contributed by atoms with Gasteiger partial charge in [-0.1, -0.05) is 44.2 Å². The summed E-state index contributed by atoms with van der Waals surface area (Å²) in [5, 5.41) is 0. The molecule has 1 fully saturated rings. The number of aromatic nitrogens is 4. The molecule has 0 radical (unpaired) electrons. The standard InChI is InChI=1S/C14H9F3N4O.C7H7F.C5H10/c15-14(16,17)9-2-1-5-18-11(9)8-21-12(22)4-3-10-13(21)20-7-6-19-10;1-6-3-2-4-7(8)5-6;1-2-4-5-3-1/h1-7H,8H2;2-5H,1H3;1-5H2. The number of hydrogen-bond acceptors (Lipinski definition) is 4. The molecule has 5 nitrogen and oxygen atoms in total. The second kappa shape index (κ2) is 12.2. The van der Waals surface area contributed by atoms with Crippen LogP contribution in [-0.2, 0) is 12.7 Å². The molecule has 1 aliphatic carbocycles. The van der Waals surface area contributed by atoms with Gasteiger partial charge in [-0.2, -0.15) is 13.2 Å². The second-order valence-corrected chi connectivity index (χ2v) is 8.09. The van der Waals surface area contributed by atoms with Crippen molar-refractivity contribution < 1.29 is 17.6 Å². The fourth-order valence-corrected chi connectivity index (χ4v) is 3.63. The van der Waals surface area contributed by atoms with Crippen molar-refractivity contribution in [2.75, 3.05) is 0 Å². The highest BCUT2D eigenvalue weighted by atomic mass is 19.4. The van der Waals surface area contributed by atoms with Crippen LogP contribution >= 0.6 is 0 Å². The summed E-state index contributed by atoms with van der Waals surface area (Å²) in [5.41, 5.74) is 0.0233. The Bertz CT molecular complexity index is 1280. The fraction of sp³-hybridized carbons (Fsp3) is 0.308. The third kappa shape index (κ3) is 7.70. The van der Waals surface area contributed by atoms with Crippen LogP contribution in [0, 0.1) is 12.7 Å². The van der Waals surface area contributed by atoms with Crippen LogP contribution in [0.4, 0.5) is 17.6 Å². The first-order valence-electron chi connectivity index (χ1n) is 11.3. The summed E-state index contributed by atoms with van der Waals surface area (Å²) in [4.78, 5) is 23.8. The van der Waals surface area contributed by atoms with Gasteiger partial charge in [-0.3, -0.25) is 19.3 Å². The molecule has 0 N–H and O–H groups in total. The number of halogens is 4. The molecule has 5 rings (SSSR count). The van der Waals surface area contributed by atoms with E-state index in [0.29, 0.717) is 5.52 Å². The second-order valence-electron chi connectivity index (χ2n) is 8.09. The molecule has 3 heterocycles. The third-order valence-corrected chi connectivity index (χ3v) is 5.35. The van der Waals surface area contributed by atoms with Crippen molar-refractivity contribution in [2.24, 2.45) is 0 Å². The number of pyridine rings is 2. The van der Waals surface area contributed by atoms with Gasteiger partial charge >= 0.3 is 6.18 Å². The Hall–Kier alpha value is -3.62. The van der Waals surface area contributed by atoms with E-state index in [1.54, 1.807) is 6.07 Å². The van der Waals surface area contributed by atoms with E-state index in [9.17, 15) is 22.4 Å². The van der Waals surface area contributed by atoms with Crippen LogP contribution in [0.5, 0.6) is 0 Å². The van der Waals surface area contributed by atoms with Crippen molar-refractivity contribution in [3.05, 3.63) is 100 Å². The zero-order valence-corrected chi connectivity index (χ0v) is 19.3. The summed E-state index contributed by atoms with van der Waals surface area (Å²) in [6, 6.07) is 11.4. The van der Waals surface area contributed by atoms with Gasteiger partial charge in [0.1, 0.15) is 11.3 Å². The molecule has 9 heteroatoms. The zero-order chi connectivity index (χ0) is 25.3. The Labute approximate surface area is 200 Å². The SMILES string of the molecule is C1CCCC1.Cc1cccc(F)c1.O=c1ccc2nccnc2n1Cc1ncccc1C(F)(F)F. The molecule has 0 amide bonds. The van der Waals surface area contributed by atoms with Crippen molar-refractivity contribution >= 4 is 11.2 Å². The summed E-state index contributed by atoms with van der Waals surface area (Å²) in [7, 11) is 0. The van der Waals surface area contributed by atoms with E-state index in [0.717, 1.165) is 16.2 Å². The third-order valence-electron chi connectivity index (χ3n) is 5.35. The van der Waals surface area contributed by atoms with E-state index in [-0.39, 0.29) is 23.7 Å². The van der Waals surface area contributed by atoms with Crippen LogP contribution in [0.3, 0.4) is 0 Å². The van der Waals surface area contributed by atoms with Gasteiger partial charge in [0, 0.05) is 24.7 Å². The molecule has 0 bridgehead atoms. The van der Waals surface area contributed by atoms with Crippen molar-refractivity contribution in [3.8, 4) is 0 Å². The quantitative estimate of drug-likeness (QED) is 0.310. The lowest BCUT2D eigenvalue weighted by Crippen LogP contribution is -2.23. The van der Waals surface area contributed by atoms with Gasteiger partial charge in [-0.15, -0.1) is 0 Å². The van der Waals surface area contributed by atoms with Crippen LogP contribution in [0.25, 0.3) is 11.2 Å². The molecule has 4 aromatic rings. The molecule has 1 aliphatic rings. The molecule has 1 saturated carbocycles. The summed E-state index contributed by atoms with van der Waals surface area (Å²) >= 11 is 0. The summed E-state index contributed by atoms with van der Waals surface area (Å²) in [6.07, 6.45) is 7.04. The zero-order valence-electron chi connectivity index (χ0n) is 19.3. The number of aryl methyl sites for hydroxylation is 1. The van der Waals surface area contributed by atoms with Crippen molar-refractivity contribution in [2.45, 2.75) is 51.7 Å². The first-order valence-corrected chi connectivity index (χ1v) is 11.3. The van der Waals surface area contributed by atoms with E-state index in [1.165, 1.54) is 81.0 Å². The number of fused-ring (bicyclic) bond motifs is 1. The van der Waals surface area contributed by atoms with Crippen LogP contribution in [0.2, 0.25) is 0 Å². The van der Waals surface area contributed by atoms with Crippen molar-refractivity contribution in [3.63, 3.8) is 0 Å². The lowest BCUT2D eigenvalue weighted by molar-refractivity contribution is -0.138. The minimum atomic E-state index is -4.54. The average Bonchev–Trinajstić information content (AvgIpc) is 3.41.